The lowest BCUT2D eigenvalue weighted by Gasteiger charge is -2.29. The van der Waals surface area contributed by atoms with Crippen molar-refractivity contribution >= 4 is 22.6 Å². The number of alkyl halides is 6. The van der Waals surface area contributed by atoms with E-state index in [9.17, 15) is 35.9 Å². The minimum atomic E-state index is -5.07. The predicted octanol–water partition coefficient (Wildman–Crippen LogP) is 7.40. The number of rotatable bonds is 8. The second-order valence-corrected chi connectivity index (χ2v) is 10.3. The third-order valence-corrected chi connectivity index (χ3v) is 7.41. The van der Waals surface area contributed by atoms with E-state index in [1.54, 1.807) is 0 Å². The van der Waals surface area contributed by atoms with Crippen LogP contribution in [-0.4, -0.2) is 35.8 Å². The largest absolute Gasteiger partial charge is 0.416 e. The zero-order valence-electron chi connectivity index (χ0n) is 21.9. The van der Waals surface area contributed by atoms with Crippen molar-refractivity contribution in [2.24, 2.45) is 0 Å². The maximum Gasteiger partial charge on any atom is 0.416 e. The summed E-state index contributed by atoms with van der Waals surface area (Å²) in [5.74, 6) is -1.19. The second kappa shape index (κ2) is 11.9. The van der Waals surface area contributed by atoms with Crippen LogP contribution in [0.4, 0.5) is 26.3 Å². The molecule has 0 heterocycles. The summed E-state index contributed by atoms with van der Waals surface area (Å²) in [6.07, 6.45) is -5.80. The second-order valence-electron chi connectivity index (χ2n) is 10.3. The highest BCUT2D eigenvalue weighted by Gasteiger charge is 2.38. The minimum absolute atomic E-state index is 0.00327. The molecule has 1 atom stereocenters. The molecule has 0 aliphatic heterocycles. The first-order valence-electron chi connectivity index (χ1n) is 13.1. The molecule has 0 aromatic heterocycles. The van der Waals surface area contributed by atoms with Crippen molar-refractivity contribution in [3.63, 3.8) is 0 Å². The fraction of sp³-hybridized carbons (Fsp3) is 0.400. The number of likely N-dealkylation sites (N-methyl/N-ethyl adjacent to an activating group) is 1. The number of amides is 2. The third kappa shape index (κ3) is 7.34. The van der Waals surface area contributed by atoms with E-state index in [0.717, 1.165) is 46.9 Å². The number of hydrogen-bond acceptors (Lipinski definition) is 2. The van der Waals surface area contributed by atoms with E-state index in [0.29, 0.717) is 12.1 Å². The molecule has 40 heavy (non-hydrogen) atoms. The van der Waals surface area contributed by atoms with Crippen LogP contribution in [0.2, 0.25) is 0 Å². The lowest BCUT2D eigenvalue weighted by Crippen LogP contribution is -2.40. The first kappa shape index (κ1) is 29.4. The van der Waals surface area contributed by atoms with E-state index in [1.807, 2.05) is 42.5 Å². The van der Waals surface area contributed by atoms with Crippen molar-refractivity contribution in [2.75, 3.05) is 7.05 Å². The maximum atomic E-state index is 13.4. The number of carbonyl (C=O) groups is 2. The van der Waals surface area contributed by atoms with E-state index in [-0.39, 0.29) is 37.3 Å². The van der Waals surface area contributed by atoms with Crippen molar-refractivity contribution in [1.82, 2.24) is 10.2 Å². The van der Waals surface area contributed by atoms with Gasteiger partial charge in [0.15, 0.2) is 0 Å². The van der Waals surface area contributed by atoms with Gasteiger partial charge < -0.3 is 10.2 Å². The van der Waals surface area contributed by atoms with E-state index in [4.69, 9.17) is 0 Å². The highest BCUT2D eigenvalue weighted by molar-refractivity contribution is 5.95. The molecule has 0 radical (unpaired) electrons. The van der Waals surface area contributed by atoms with Crippen molar-refractivity contribution in [3.8, 4) is 0 Å². The molecule has 4 rings (SSSR count). The molecule has 1 fully saturated rings. The molecule has 3 aromatic rings. The smallest absolute Gasteiger partial charge is 0.353 e. The SMILES string of the molecule is CN(C(=O)c1cc(C(F)(F)F)cc(C(F)(F)F)c1)C(CCC(=O)NC1CCCC1)Cc1ccc2ccccc2c1. The van der Waals surface area contributed by atoms with E-state index in [2.05, 4.69) is 5.32 Å². The maximum absolute atomic E-state index is 13.4. The molecule has 1 aliphatic rings. The minimum Gasteiger partial charge on any atom is -0.353 e. The summed E-state index contributed by atoms with van der Waals surface area (Å²) in [7, 11) is 1.34. The summed E-state index contributed by atoms with van der Waals surface area (Å²) in [5, 5.41) is 4.91. The van der Waals surface area contributed by atoms with Crippen LogP contribution in [0, 0.1) is 0 Å². The zero-order valence-corrected chi connectivity index (χ0v) is 21.9. The topological polar surface area (TPSA) is 49.4 Å². The molecular weight excluding hydrogens is 534 g/mol. The molecule has 0 bridgehead atoms. The van der Waals surface area contributed by atoms with Gasteiger partial charge in [0.1, 0.15) is 0 Å². The summed E-state index contributed by atoms with van der Waals surface area (Å²) in [6, 6.07) is 13.6. The highest BCUT2D eigenvalue weighted by Crippen LogP contribution is 2.36. The summed E-state index contributed by atoms with van der Waals surface area (Å²) in [5.41, 5.74) is -3.01. The Morgan fingerprint density at radius 2 is 1.48 bits per heavy atom. The number of carbonyl (C=O) groups excluding carboxylic acids is 2. The Hall–Kier alpha value is -3.56. The molecule has 4 nitrogen and oxygen atoms in total. The van der Waals surface area contributed by atoms with Crippen LogP contribution in [-0.2, 0) is 23.6 Å². The van der Waals surface area contributed by atoms with Gasteiger partial charge in [-0.05, 0) is 60.2 Å². The Morgan fingerprint density at radius 1 is 0.875 bits per heavy atom. The fourth-order valence-corrected chi connectivity index (χ4v) is 5.19. The van der Waals surface area contributed by atoms with Crippen LogP contribution in [0.5, 0.6) is 0 Å². The average Bonchev–Trinajstić information content (AvgIpc) is 3.41. The Morgan fingerprint density at radius 3 is 2.08 bits per heavy atom. The molecular formula is C30H30F6N2O2. The highest BCUT2D eigenvalue weighted by atomic mass is 19.4. The molecule has 3 aromatic carbocycles. The van der Waals surface area contributed by atoms with Crippen LogP contribution in [0.3, 0.4) is 0 Å². The first-order valence-corrected chi connectivity index (χ1v) is 13.1. The van der Waals surface area contributed by atoms with Crippen LogP contribution >= 0.6 is 0 Å². The van der Waals surface area contributed by atoms with Gasteiger partial charge in [0.25, 0.3) is 5.91 Å². The number of fused-ring (bicyclic) bond motifs is 1. The predicted molar refractivity (Wildman–Crippen MR) is 140 cm³/mol. The van der Waals surface area contributed by atoms with Gasteiger partial charge in [-0.1, -0.05) is 55.3 Å². The molecule has 0 saturated heterocycles. The van der Waals surface area contributed by atoms with Gasteiger partial charge in [-0.2, -0.15) is 26.3 Å². The lowest BCUT2D eigenvalue weighted by molar-refractivity contribution is -0.143. The summed E-state index contributed by atoms with van der Waals surface area (Å²) < 4.78 is 80.5. The van der Waals surface area contributed by atoms with Gasteiger partial charge >= 0.3 is 12.4 Å². The molecule has 1 unspecified atom stereocenters. The van der Waals surface area contributed by atoms with E-state index >= 15 is 0 Å². The lowest BCUT2D eigenvalue weighted by atomic mass is 9.96. The summed E-state index contributed by atoms with van der Waals surface area (Å²) >= 11 is 0. The molecule has 1 N–H and O–H groups in total. The first-order chi connectivity index (χ1) is 18.8. The van der Waals surface area contributed by atoms with Gasteiger partial charge in [-0.15, -0.1) is 0 Å². The number of benzene rings is 3. The Kier molecular flexibility index (Phi) is 8.75. The quantitative estimate of drug-likeness (QED) is 0.290. The van der Waals surface area contributed by atoms with E-state index < -0.39 is 41.0 Å². The van der Waals surface area contributed by atoms with Gasteiger partial charge in [0, 0.05) is 31.1 Å². The monoisotopic (exact) mass is 564 g/mol. The van der Waals surface area contributed by atoms with Crippen molar-refractivity contribution in [1.29, 1.82) is 0 Å². The Bertz CT molecular complexity index is 1330. The van der Waals surface area contributed by atoms with Gasteiger partial charge in [0.2, 0.25) is 5.91 Å². The summed E-state index contributed by atoms with van der Waals surface area (Å²) in [6.45, 7) is 0. The van der Waals surface area contributed by atoms with Crippen molar-refractivity contribution in [3.05, 3.63) is 82.9 Å². The number of nitrogens with one attached hydrogen (secondary N) is 1. The van der Waals surface area contributed by atoms with Gasteiger partial charge in [0.05, 0.1) is 11.1 Å². The van der Waals surface area contributed by atoms with E-state index in [1.165, 1.54) is 7.05 Å². The van der Waals surface area contributed by atoms with Crippen molar-refractivity contribution < 1.29 is 35.9 Å². The van der Waals surface area contributed by atoms with Crippen molar-refractivity contribution in [2.45, 2.75) is 69.4 Å². The Labute approximate surface area is 228 Å². The van der Waals surface area contributed by atoms with Crippen LogP contribution in [0.1, 0.15) is 65.6 Å². The summed E-state index contributed by atoms with van der Waals surface area (Å²) in [4.78, 5) is 27.1. The molecule has 0 spiro atoms. The number of nitrogens with zero attached hydrogens (tertiary/aromatic N) is 1. The zero-order chi connectivity index (χ0) is 29.1. The van der Waals surface area contributed by atoms with Gasteiger partial charge in [-0.25, -0.2) is 0 Å². The number of hydrogen-bond donors (Lipinski definition) is 1. The standard InChI is InChI=1S/C30H30F6N2O2/c1-38(28(40)22-16-23(29(31,32)33)18-24(17-22)30(34,35)36)26(12-13-27(39)37-25-8-4-5-9-25)15-19-10-11-20-6-2-3-7-21(20)14-19/h2-3,6-7,10-11,14,16-18,25-26H,4-5,8-9,12-13,15H2,1H3,(H,37,39). The third-order valence-electron chi connectivity index (χ3n) is 7.41. The molecule has 2 amide bonds. The molecule has 1 aliphatic carbocycles. The number of halogens is 6. The molecule has 214 valence electrons. The van der Waals surface area contributed by atoms with Crippen LogP contribution in [0.25, 0.3) is 10.8 Å². The van der Waals surface area contributed by atoms with Crippen LogP contribution < -0.4 is 5.32 Å². The fourth-order valence-electron chi connectivity index (χ4n) is 5.19. The Balaban J connectivity index is 1.61. The molecule has 1 saturated carbocycles. The average molecular weight is 565 g/mol. The molecule has 10 heteroatoms. The normalized spacial score (nSPS) is 15.3. The van der Waals surface area contributed by atoms with Gasteiger partial charge in [-0.3, -0.25) is 9.59 Å². The van der Waals surface area contributed by atoms with Crippen LogP contribution in [0.15, 0.2) is 60.7 Å².